The lowest BCUT2D eigenvalue weighted by Crippen LogP contribution is -2.16. The number of aromatic nitrogens is 1. The molecule has 1 amide bonds. The third kappa shape index (κ3) is 4.65. The number of amides is 1. The standard InChI is InChI=1S/C15H16ClN3O2/c1-10-13(5-6-14(16)18-10)19-15(20)7-8-21-12-4-2-3-11(17)9-12/h2-6,9H,7-8,17H2,1H3,(H,19,20). The topological polar surface area (TPSA) is 77.2 Å². The second kappa shape index (κ2) is 6.95. The summed E-state index contributed by atoms with van der Waals surface area (Å²) in [6.07, 6.45) is 0.233. The SMILES string of the molecule is Cc1nc(Cl)ccc1NC(=O)CCOc1cccc(N)c1. The fourth-order valence-electron chi connectivity index (χ4n) is 1.74. The first-order chi connectivity index (χ1) is 10.0. The van der Waals surface area contributed by atoms with E-state index in [9.17, 15) is 4.79 Å². The van der Waals surface area contributed by atoms with Gasteiger partial charge < -0.3 is 15.8 Å². The molecule has 0 radical (unpaired) electrons. The predicted octanol–water partition coefficient (Wildman–Crippen LogP) is 3.03. The maximum absolute atomic E-state index is 11.8. The third-order valence-corrected chi connectivity index (χ3v) is 2.99. The summed E-state index contributed by atoms with van der Waals surface area (Å²) in [5.74, 6) is 0.498. The van der Waals surface area contributed by atoms with Crippen LogP contribution >= 0.6 is 11.6 Å². The molecule has 1 aromatic heterocycles. The van der Waals surface area contributed by atoms with Crippen molar-refractivity contribution in [3.8, 4) is 5.75 Å². The van der Waals surface area contributed by atoms with E-state index in [2.05, 4.69) is 10.3 Å². The number of nitrogen functional groups attached to an aromatic ring is 1. The monoisotopic (exact) mass is 305 g/mol. The number of aryl methyl sites for hydroxylation is 1. The summed E-state index contributed by atoms with van der Waals surface area (Å²) in [6.45, 7) is 2.06. The zero-order chi connectivity index (χ0) is 15.2. The number of ether oxygens (including phenoxy) is 1. The highest BCUT2D eigenvalue weighted by Gasteiger charge is 2.06. The molecule has 0 saturated carbocycles. The zero-order valence-electron chi connectivity index (χ0n) is 11.6. The number of hydrogen-bond donors (Lipinski definition) is 2. The van der Waals surface area contributed by atoms with Crippen LogP contribution in [-0.2, 0) is 4.79 Å². The Morgan fingerprint density at radius 3 is 2.90 bits per heavy atom. The van der Waals surface area contributed by atoms with Crippen LogP contribution in [0, 0.1) is 6.92 Å². The molecule has 1 heterocycles. The Morgan fingerprint density at radius 1 is 1.38 bits per heavy atom. The minimum atomic E-state index is -0.147. The van der Waals surface area contributed by atoms with Crippen LogP contribution in [0.15, 0.2) is 36.4 Å². The van der Waals surface area contributed by atoms with Crippen LogP contribution in [0.2, 0.25) is 5.15 Å². The lowest BCUT2D eigenvalue weighted by Gasteiger charge is -2.09. The number of carbonyl (C=O) groups excluding carboxylic acids is 1. The average molecular weight is 306 g/mol. The molecule has 2 aromatic rings. The van der Waals surface area contributed by atoms with Gasteiger partial charge in [0.2, 0.25) is 5.91 Å². The van der Waals surface area contributed by atoms with E-state index in [1.807, 2.05) is 0 Å². The summed E-state index contributed by atoms with van der Waals surface area (Å²) in [5, 5.41) is 3.17. The Bertz CT molecular complexity index is 647. The fraction of sp³-hybridized carbons (Fsp3) is 0.200. The highest BCUT2D eigenvalue weighted by atomic mass is 35.5. The molecule has 0 atom stereocenters. The summed E-state index contributed by atoms with van der Waals surface area (Å²) in [4.78, 5) is 15.9. The molecule has 0 saturated heterocycles. The number of rotatable bonds is 5. The molecule has 0 aliphatic carbocycles. The number of anilines is 2. The van der Waals surface area contributed by atoms with E-state index in [4.69, 9.17) is 22.1 Å². The first kappa shape index (κ1) is 15.1. The molecular weight excluding hydrogens is 290 g/mol. The number of carbonyl (C=O) groups is 1. The Labute approximate surface area is 128 Å². The van der Waals surface area contributed by atoms with E-state index in [-0.39, 0.29) is 18.9 Å². The van der Waals surface area contributed by atoms with Crippen molar-refractivity contribution in [1.82, 2.24) is 4.98 Å². The number of nitrogens with one attached hydrogen (secondary N) is 1. The first-order valence-corrected chi connectivity index (χ1v) is 6.84. The van der Waals surface area contributed by atoms with Gasteiger partial charge in [-0.15, -0.1) is 0 Å². The molecule has 110 valence electrons. The summed E-state index contributed by atoms with van der Waals surface area (Å²) in [6, 6.07) is 10.4. The van der Waals surface area contributed by atoms with Crippen LogP contribution in [0.4, 0.5) is 11.4 Å². The van der Waals surface area contributed by atoms with Crippen LogP contribution in [0.5, 0.6) is 5.75 Å². The molecule has 0 unspecified atom stereocenters. The van der Waals surface area contributed by atoms with Crippen molar-refractivity contribution in [2.45, 2.75) is 13.3 Å². The largest absolute Gasteiger partial charge is 0.493 e. The summed E-state index contributed by atoms with van der Waals surface area (Å²) >= 11 is 5.76. The van der Waals surface area contributed by atoms with Crippen LogP contribution in [0.1, 0.15) is 12.1 Å². The maximum atomic E-state index is 11.8. The van der Waals surface area contributed by atoms with Gasteiger partial charge in [0.1, 0.15) is 10.9 Å². The number of benzene rings is 1. The van der Waals surface area contributed by atoms with Crippen LogP contribution in [0.3, 0.4) is 0 Å². The van der Waals surface area contributed by atoms with Crippen LogP contribution in [-0.4, -0.2) is 17.5 Å². The molecule has 1 aromatic carbocycles. The smallest absolute Gasteiger partial charge is 0.227 e. The van der Waals surface area contributed by atoms with Gasteiger partial charge in [-0.3, -0.25) is 4.79 Å². The average Bonchev–Trinajstić information content (AvgIpc) is 2.42. The minimum Gasteiger partial charge on any atom is -0.493 e. The zero-order valence-corrected chi connectivity index (χ0v) is 12.4. The van der Waals surface area contributed by atoms with E-state index >= 15 is 0 Å². The summed E-state index contributed by atoms with van der Waals surface area (Å²) < 4.78 is 5.47. The van der Waals surface area contributed by atoms with Crippen molar-refractivity contribution < 1.29 is 9.53 Å². The lowest BCUT2D eigenvalue weighted by atomic mass is 10.3. The predicted molar refractivity (Wildman–Crippen MR) is 83.6 cm³/mol. The van der Waals surface area contributed by atoms with Gasteiger partial charge in [0.05, 0.1) is 24.4 Å². The highest BCUT2D eigenvalue weighted by Crippen LogP contribution is 2.17. The van der Waals surface area contributed by atoms with E-state index in [1.54, 1.807) is 43.3 Å². The lowest BCUT2D eigenvalue weighted by molar-refractivity contribution is -0.116. The maximum Gasteiger partial charge on any atom is 0.227 e. The van der Waals surface area contributed by atoms with E-state index < -0.39 is 0 Å². The molecule has 5 nitrogen and oxygen atoms in total. The van der Waals surface area contributed by atoms with Gasteiger partial charge in [-0.25, -0.2) is 4.98 Å². The summed E-state index contributed by atoms with van der Waals surface area (Å²) in [5.41, 5.74) is 7.59. The Kier molecular flexibility index (Phi) is 5.00. The van der Waals surface area contributed by atoms with E-state index in [0.717, 1.165) is 0 Å². The molecule has 0 bridgehead atoms. The Hall–Kier alpha value is -2.27. The quantitative estimate of drug-likeness (QED) is 0.657. The number of halogens is 1. The fourth-order valence-corrected chi connectivity index (χ4v) is 1.93. The molecule has 2 rings (SSSR count). The van der Waals surface area contributed by atoms with Gasteiger partial charge in [-0.05, 0) is 31.2 Å². The summed E-state index contributed by atoms with van der Waals surface area (Å²) in [7, 11) is 0. The number of hydrogen-bond acceptors (Lipinski definition) is 4. The minimum absolute atomic E-state index is 0.147. The molecule has 0 fully saturated rings. The van der Waals surface area contributed by atoms with Gasteiger partial charge in [0.25, 0.3) is 0 Å². The van der Waals surface area contributed by atoms with Crippen molar-refractivity contribution in [3.63, 3.8) is 0 Å². The number of pyridine rings is 1. The van der Waals surface area contributed by atoms with Crippen LogP contribution < -0.4 is 15.8 Å². The second-order valence-electron chi connectivity index (χ2n) is 4.49. The first-order valence-electron chi connectivity index (χ1n) is 6.46. The van der Waals surface area contributed by atoms with Gasteiger partial charge in [0.15, 0.2) is 0 Å². The van der Waals surface area contributed by atoms with Crippen molar-refractivity contribution in [2.75, 3.05) is 17.7 Å². The van der Waals surface area contributed by atoms with Gasteiger partial charge >= 0.3 is 0 Å². The van der Waals surface area contributed by atoms with Gasteiger partial charge in [-0.2, -0.15) is 0 Å². The molecule has 0 spiro atoms. The second-order valence-corrected chi connectivity index (χ2v) is 4.87. The molecule has 6 heteroatoms. The van der Waals surface area contributed by atoms with Crippen molar-refractivity contribution in [1.29, 1.82) is 0 Å². The normalized spacial score (nSPS) is 10.2. The van der Waals surface area contributed by atoms with Gasteiger partial charge in [-0.1, -0.05) is 17.7 Å². The van der Waals surface area contributed by atoms with E-state index in [0.29, 0.717) is 28.0 Å². The van der Waals surface area contributed by atoms with Crippen molar-refractivity contribution >= 4 is 28.9 Å². The molecule has 0 aliphatic heterocycles. The third-order valence-electron chi connectivity index (χ3n) is 2.78. The van der Waals surface area contributed by atoms with Crippen molar-refractivity contribution in [3.05, 3.63) is 47.2 Å². The Balaban J connectivity index is 1.82. The van der Waals surface area contributed by atoms with E-state index in [1.165, 1.54) is 0 Å². The van der Waals surface area contributed by atoms with Gasteiger partial charge in [0, 0.05) is 11.8 Å². The Morgan fingerprint density at radius 2 is 2.19 bits per heavy atom. The molecular formula is C15H16ClN3O2. The molecule has 21 heavy (non-hydrogen) atoms. The highest BCUT2D eigenvalue weighted by molar-refractivity contribution is 6.29. The van der Waals surface area contributed by atoms with Crippen molar-refractivity contribution in [2.24, 2.45) is 0 Å². The molecule has 0 aliphatic rings. The number of nitrogens with two attached hydrogens (primary N) is 1. The van der Waals surface area contributed by atoms with Crippen LogP contribution in [0.25, 0.3) is 0 Å². The molecule has 3 N–H and O–H groups in total. The number of nitrogens with zero attached hydrogens (tertiary/aromatic N) is 1.